The van der Waals surface area contributed by atoms with Gasteiger partial charge in [-0.25, -0.2) is 16.8 Å². The Hall–Kier alpha value is -1.70. The first-order valence-electron chi connectivity index (χ1n) is 8.30. The molecule has 0 radical (unpaired) electrons. The fourth-order valence-corrected chi connectivity index (χ4v) is 9.71. The molecule has 5 nitrogen and oxygen atoms in total. The van der Waals surface area contributed by atoms with Gasteiger partial charge in [-0.15, -0.1) is 0 Å². The average molecular weight is 377 g/mol. The first-order chi connectivity index (χ1) is 11.9. The van der Waals surface area contributed by atoms with Gasteiger partial charge in [0.15, 0.2) is 24.3 Å². The van der Waals surface area contributed by atoms with E-state index in [1.807, 2.05) is 6.92 Å². The number of sulfone groups is 2. The van der Waals surface area contributed by atoms with Crippen LogP contribution in [-0.4, -0.2) is 28.0 Å². The third-order valence-corrected chi connectivity index (χ3v) is 10.4. The Morgan fingerprint density at radius 3 is 1.84 bits per heavy atom. The molecule has 0 aliphatic carbocycles. The Morgan fingerprint density at radius 1 is 0.880 bits per heavy atom. The van der Waals surface area contributed by atoms with Crippen molar-refractivity contribution in [3.8, 4) is 0 Å². The lowest BCUT2D eigenvalue weighted by molar-refractivity contribution is 0.421. The van der Waals surface area contributed by atoms with Crippen LogP contribution in [0.15, 0.2) is 58.3 Å². The normalized spacial score (nSPS) is 27.5. The average Bonchev–Trinajstić information content (AvgIpc) is 2.94. The summed E-state index contributed by atoms with van der Waals surface area (Å²) in [6.07, 6.45) is 1.76. The lowest BCUT2D eigenvalue weighted by Crippen LogP contribution is -2.50. The molecular formula is C18H19NO4S2. The summed E-state index contributed by atoms with van der Waals surface area (Å²) in [7, 11) is -8.01. The van der Waals surface area contributed by atoms with E-state index in [4.69, 9.17) is 0 Å². The standard InChI is InChI=1S/C18H19NO4S2/c1-2-3-12-19-18-13-8-4-6-10-15(13)24(20,21)17(18)25(22,23)16-11-7-5-9-14(16)18/h4-11,17,19H,2-3,12H2,1H3. The molecule has 0 saturated carbocycles. The maximum absolute atomic E-state index is 13.2. The van der Waals surface area contributed by atoms with Crippen LogP contribution < -0.4 is 5.32 Å². The third kappa shape index (κ3) is 1.97. The van der Waals surface area contributed by atoms with Gasteiger partial charge in [-0.2, -0.15) is 0 Å². The molecule has 7 heteroatoms. The van der Waals surface area contributed by atoms with Crippen molar-refractivity contribution in [3.63, 3.8) is 0 Å². The summed E-state index contributed by atoms with van der Waals surface area (Å²) in [6, 6.07) is 13.2. The van der Waals surface area contributed by atoms with Crippen molar-refractivity contribution >= 4 is 19.7 Å². The summed E-state index contributed by atoms with van der Waals surface area (Å²) in [4.78, 5) is 0.226. The largest absolute Gasteiger partial charge is 0.302 e. The molecule has 2 aliphatic rings. The van der Waals surface area contributed by atoms with Crippen molar-refractivity contribution in [1.29, 1.82) is 0 Å². The molecule has 0 aromatic heterocycles. The minimum atomic E-state index is -4.00. The Morgan fingerprint density at radius 2 is 1.36 bits per heavy atom. The molecule has 132 valence electrons. The van der Waals surface area contributed by atoms with Gasteiger partial charge in [-0.3, -0.25) is 0 Å². The van der Waals surface area contributed by atoms with E-state index in [-0.39, 0.29) is 9.79 Å². The fourth-order valence-electron chi connectivity index (χ4n) is 4.08. The van der Waals surface area contributed by atoms with Gasteiger partial charge >= 0.3 is 0 Å². The van der Waals surface area contributed by atoms with Crippen LogP contribution in [0.1, 0.15) is 30.9 Å². The molecule has 4 rings (SSSR count). The van der Waals surface area contributed by atoms with Crippen LogP contribution in [0.5, 0.6) is 0 Å². The van der Waals surface area contributed by atoms with E-state index < -0.39 is 29.8 Å². The SMILES string of the molecule is CCCCNC12c3ccccc3S(=O)(=O)C1S(=O)(=O)c1ccccc12. The quantitative estimate of drug-likeness (QED) is 0.827. The van der Waals surface area contributed by atoms with Gasteiger partial charge in [0.25, 0.3) is 0 Å². The van der Waals surface area contributed by atoms with E-state index in [1.54, 1.807) is 36.4 Å². The van der Waals surface area contributed by atoms with Crippen LogP contribution in [0, 0.1) is 0 Å². The molecule has 2 aliphatic heterocycles. The number of nitrogens with one attached hydrogen (secondary N) is 1. The highest BCUT2D eigenvalue weighted by atomic mass is 32.3. The van der Waals surface area contributed by atoms with Gasteiger partial charge < -0.3 is 5.32 Å². The first kappa shape index (κ1) is 16.8. The summed E-state index contributed by atoms with van der Waals surface area (Å²) < 4.78 is 51.1. The zero-order valence-corrected chi connectivity index (χ0v) is 15.4. The maximum atomic E-state index is 13.2. The predicted octanol–water partition coefficient (Wildman–Crippen LogP) is 2.22. The van der Waals surface area contributed by atoms with Crippen molar-refractivity contribution in [2.75, 3.05) is 6.54 Å². The van der Waals surface area contributed by atoms with Crippen molar-refractivity contribution in [3.05, 3.63) is 59.7 Å². The van der Waals surface area contributed by atoms with E-state index in [9.17, 15) is 16.8 Å². The van der Waals surface area contributed by atoms with Gasteiger partial charge in [0.05, 0.1) is 9.79 Å². The number of rotatable bonds is 4. The minimum absolute atomic E-state index is 0.113. The summed E-state index contributed by atoms with van der Waals surface area (Å²) in [5, 5.41) is 3.32. The summed E-state index contributed by atoms with van der Waals surface area (Å²) >= 11 is 0. The number of unbranched alkanes of at least 4 members (excludes halogenated alkanes) is 1. The molecule has 1 N–H and O–H groups in total. The smallest absolute Gasteiger partial charge is 0.198 e. The van der Waals surface area contributed by atoms with Crippen molar-refractivity contribution in [2.24, 2.45) is 0 Å². The third-order valence-electron chi connectivity index (χ3n) is 5.09. The van der Waals surface area contributed by atoms with Gasteiger partial charge in [0, 0.05) is 0 Å². The molecule has 0 saturated heterocycles. The highest BCUT2D eigenvalue weighted by molar-refractivity contribution is 8.09. The van der Waals surface area contributed by atoms with E-state index >= 15 is 0 Å². The molecule has 0 spiro atoms. The molecule has 0 fully saturated rings. The van der Waals surface area contributed by atoms with Gasteiger partial charge in [-0.05, 0) is 36.2 Å². The van der Waals surface area contributed by atoms with Gasteiger partial charge in [0.1, 0.15) is 5.54 Å². The van der Waals surface area contributed by atoms with Crippen LogP contribution in [0.4, 0.5) is 0 Å². The molecule has 0 atom stereocenters. The molecule has 0 unspecified atom stereocenters. The Kier molecular flexibility index (Phi) is 3.62. The highest BCUT2D eigenvalue weighted by Crippen LogP contribution is 2.56. The molecule has 0 bridgehead atoms. The second-order valence-electron chi connectivity index (χ2n) is 6.50. The van der Waals surface area contributed by atoms with Crippen molar-refractivity contribution in [2.45, 2.75) is 39.7 Å². The molecule has 2 aromatic carbocycles. The summed E-state index contributed by atoms with van der Waals surface area (Å²) in [5.41, 5.74) is -0.172. The van der Waals surface area contributed by atoms with Crippen LogP contribution >= 0.6 is 0 Å². The van der Waals surface area contributed by atoms with Crippen LogP contribution in [0.25, 0.3) is 0 Å². The highest BCUT2D eigenvalue weighted by Gasteiger charge is 2.68. The van der Waals surface area contributed by atoms with Crippen molar-refractivity contribution < 1.29 is 16.8 Å². The van der Waals surface area contributed by atoms with E-state index in [0.717, 1.165) is 12.8 Å². The van der Waals surface area contributed by atoms with E-state index in [1.165, 1.54) is 12.1 Å². The first-order valence-corrected chi connectivity index (χ1v) is 11.4. The van der Waals surface area contributed by atoms with Crippen LogP contribution in [0.3, 0.4) is 0 Å². The van der Waals surface area contributed by atoms with E-state index in [2.05, 4.69) is 5.32 Å². The van der Waals surface area contributed by atoms with Crippen LogP contribution in [-0.2, 0) is 25.2 Å². The van der Waals surface area contributed by atoms with Crippen molar-refractivity contribution in [1.82, 2.24) is 5.32 Å². The number of fused-ring (bicyclic) bond motifs is 5. The van der Waals surface area contributed by atoms with Crippen LogP contribution in [0.2, 0.25) is 0 Å². The second-order valence-corrected chi connectivity index (χ2v) is 10.8. The van der Waals surface area contributed by atoms with Gasteiger partial charge in [-0.1, -0.05) is 49.7 Å². The number of hydrogen-bond acceptors (Lipinski definition) is 5. The fraction of sp³-hybridized carbons (Fsp3) is 0.333. The van der Waals surface area contributed by atoms with E-state index in [0.29, 0.717) is 17.7 Å². The molecule has 2 heterocycles. The second kappa shape index (κ2) is 5.40. The lowest BCUT2D eigenvalue weighted by atomic mass is 9.84. The minimum Gasteiger partial charge on any atom is -0.302 e. The zero-order valence-electron chi connectivity index (χ0n) is 13.8. The Bertz CT molecular complexity index is 980. The number of hydrogen-bond donors (Lipinski definition) is 1. The predicted molar refractivity (Wildman–Crippen MR) is 94.7 cm³/mol. The maximum Gasteiger partial charge on any atom is 0.198 e. The molecule has 0 amide bonds. The topological polar surface area (TPSA) is 80.3 Å². The Balaban J connectivity index is 2.10. The Labute approximate surface area is 147 Å². The molecule has 2 aromatic rings. The monoisotopic (exact) mass is 377 g/mol. The number of benzene rings is 2. The zero-order chi connectivity index (χ0) is 17.9. The van der Waals surface area contributed by atoms with Gasteiger partial charge in [0.2, 0.25) is 0 Å². The lowest BCUT2D eigenvalue weighted by Gasteiger charge is -2.31. The molecule has 25 heavy (non-hydrogen) atoms. The molecular weight excluding hydrogens is 358 g/mol. The summed E-state index contributed by atoms with van der Waals surface area (Å²) in [6.45, 7) is 2.58. The summed E-state index contributed by atoms with van der Waals surface area (Å²) in [5.74, 6) is 0.